The molecule has 0 fully saturated rings. The molecule has 124 valence electrons. The predicted molar refractivity (Wildman–Crippen MR) is 85.5 cm³/mol. The highest BCUT2D eigenvalue weighted by atomic mass is 35.5. The van der Waals surface area contributed by atoms with Gasteiger partial charge in [0.05, 0.1) is 19.2 Å². The summed E-state index contributed by atoms with van der Waals surface area (Å²) in [6.45, 7) is 3.01. The maximum atomic E-state index is 13.8. The van der Waals surface area contributed by atoms with Gasteiger partial charge in [-0.05, 0) is 19.1 Å². The number of rotatable bonds is 7. The topological polar surface area (TPSA) is 58.4 Å². The Kier molecular flexibility index (Phi) is 6.12. The molecule has 2 aromatic rings. The minimum atomic E-state index is -0.506. The molecule has 0 atom stereocenters. The minimum Gasteiger partial charge on any atom is -0.395 e. The van der Waals surface area contributed by atoms with Crippen LogP contribution in [0.15, 0.2) is 30.6 Å². The number of aliphatic hydroxyl groups excluding tert-OH is 1. The first-order valence-corrected chi connectivity index (χ1v) is 7.75. The Bertz CT molecular complexity index is 655. The number of halogens is 2. The van der Waals surface area contributed by atoms with Crippen LogP contribution in [0.5, 0.6) is 0 Å². The first-order chi connectivity index (χ1) is 11.0. The molecule has 0 saturated carbocycles. The van der Waals surface area contributed by atoms with E-state index in [4.69, 9.17) is 11.6 Å². The first kappa shape index (κ1) is 17.4. The normalized spacial score (nSPS) is 10.8. The molecule has 1 heterocycles. The van der Waals surface area contributed by atoms with Crippen LogP contribution in [0.2, 0.25) is 5.02 Å². The van der Waals surface area contributed by atoms with Crippen LogP contribution in [0, 0.1) is 5.82 Å². The molecule has 0 aliphatic rings. The van der Waals surface area contributed by atoms with E-state index < -0.39 is 5.82 Å². The lowest BCUT2D eigenvalue weighted by molar-refractivity contribution is -0.131. The van der Waals surface area contributed by atoms with Gasteiger partial charge >= 0.3 is 0 Å². The summed E-state index contributed by atoms with van der Waals surface area (Å²) in [4.78, 5) is 13.9. The quantitative estimate of drug-likeness (QED) is 0.841. The lowest BCUT2D eigenvalue weighted by Gasteiger charge is -2.21. The van der Waals surface area contributed by atoms with Gasteiger partial charge in [-0.15, -0.1) is 0 Å². The van der Waals surface area contributed by atoms with Gasteiger partial charge in [0.1, 0.15) is 5.82 Å². The summed E-state index contributed by atoms with van der Waals surface area (Å²) in [5.41, 5.74) is 1.03. The summed E-state index contributed by atoms with van der Waals surface area (Å²) in [5.74, 6) is -0.802. The molecule has 1 aromatic heterocycles. The second-order valence-corrected chi connectivity index (χ2v) is 5.53. The van der Waals surface area contributed by atoms with Crippen LogP contribution in [0.3, 0.4) is 0 Å². The molecule has 0 spiro atoms. The molecule has 1 aromatic carbocycles. The van der Waals surface area contributed by atoms with Crippen LogP contribution >= 0.6 is 11.6 Å². The molecular weight excluding hydrogens is 321 g/mol. The SMILES string of the molecule is CCn1cc(CN(CCO)C(=O)Cc2c(F)cccc2Cl)cn1. The Hall–Kier alpha value is -1.92. The van der Waals surface area contributed by atoms with Crippen LogP contribution in [-0.4, -0.2) is 38.8 Å². The smallest absolute Gasteiger partial charge is 0.227 e. The summed E-state index contributed by atoms with van der Waals surface area (Å²) >= 11 is 5.96. The molecular formula is C16H19ClFN3O2. The average Bonchev–Trinajstić information content (AvgIpc) is 2.98. The van der Waals surface area contributed by atoms with Gasteiger partial charge in [-0.1, -0.05) is 17.7 Å². The zero-order valence-corrected chi connectivity index (χ0v) is 13.6. The van der Waals surface area contributed by atoms with E-state index in [9.17, 15) is 14.3 Å². The van der Waals surface area contributed by atoms with Gasteiger partial charge in [-0.25, -0.2) is 4.39 Å². The molecule has 1 N–H and O–H groups in total. The van der Waals surface area contributed by atoms with Crippen LogP contribution in [-0.2, 0) is 24.3 Å². The molecule has 0 aliphatic carbocycles. The highest BCUT2D eigenvalue weighted by Gasteiger charge is 2.18. The van der Waals surface area contributed by atoms with Gasteiger partial charge in [0.25, 0.3) is 0 Å². The number of amides is 1. The molecule has 0 aliphatic heterocycles. The van der Waals surface area contributed by atoms with Crippen molar-refractivity contribution in [3.63, 3.8) is 0 Å². The monoisotopic (exact) mass is 339 g/mol. The second kappa shape index (κ2) is 8.08. The molecule has 0 saturated heterocycles. The van der Waals surface area contributed by atoms with Gasteiger partial charge in [-0.3, -0.25) is 9.48 Å². The van der Waals surface area contributed by atoms with Crippen molar-refractivity contribution in [3.05, 3.63) is 52.6 Å². The zero-order chi connectivity index (χ0) is 16.8. The third-order valence-corrected chi connectivity index (χ3v) is 3.85. The molecule has 0 unspecified atom stereocenters. The number of carbonyl (C=O) groups is 1. The fraction of sp³-hybridized carbons (Fsp3) is 0.375. The zero-order valence-electron chi connectivity index (χ0n) is 12.9. The molecule has 5 nitrogen and oxygen atoms in total. The molecule has 0 radical (unpaired) electrons. The largest absolute Gasteiger partial charge is 0.395 e. The molecule has 1 amide bonds. The number of aliphatic hydroxyl groups is 1. The minimum absolute atomic E-state index is 0.145. The van der Waals surface area contributed by atoms with Crippen molar-refractivity contribution in [1.82, 2.24) is 14.7 Å². The van der Waals surface area contributed by atoms with E-state index in [2.05, 4.69) is 5.10 Å². The van der Waals surface area contributed by atoms with Crippen molar-refractivity contribution in [1.29, 1.82) is 0 Å². The van der Waals surface area contributed by atoms with Gasteiger partial charge in [0, 0.05) is 42.0 Å². The van der Waals surface area contributed by atoms with Crippen molar-refractivity contribution < 1.29 is 14.3 Å². The van der Waals surface area contributed by atoms with Crippen molar-refractivity contribution in [2.24, 2.45) is 0 Å². The lowest BCUT2D eigenvalue weighted by atomic mass is 10.1. The summed E-state index contributed by atoms with van der Waals surface area (Å²) < 4.78 is 15.6. The molecule has 7 heteroatoms. The summed E-state index contributed by atoms with van der Waals surface area (Å²) in [5, 5.41) is 13.6. The van der Waals surface area contributed by atoms with Crippen LogP contribution in [0.4, 0.5) is 4.39 Å². The predicted octanol–water partition coefficient (Wildman–Crippen LogP) is 2.26. The highest BCUT2D eigenvalue weighted by molar-refractivity contribution is 6.31. The number of nitrogens with zero attached hydrogens (tertiary/aromatic N) is 3. The average molecular weight is 340 g/mol. The Morgan fingerprint density at radius 2 is 2.26 bits per heavy atom. The van der Waals surface area contributed by atoms with E-state index in [1.54, 1.807) is 16.9 Å². The Morgan fingerprint density at radius 3 is 2.87 bits per heavy atom. The van der Waals surface area contributed by atoms with Gasteiger partial charge in [-0.2, -0.15) is 5.10 Å². The van der Waals surface area contributed by atoms with Gasteiger partial charge < -0.3 is 10.0 Å². The number of benzene rings is 1. The number of hydrogen-bond acceptors (Lipinski definition) is 3. The maximum absolute atomic E-state index is 13.8. The number of aryl methyl sites for hydroxylation is 1. The van der Waals surface area contributed by atoms with Gasteiger partial charge in [0.2, 0.25) is 5.91 Å². The highest BCUT2D eigenvalue weighted by Crippen LogP contribution is 2.20. The first-order valence-electron chi connectivity index (χ1n) is 7.38. The standard InChI is InChI=1S/C16H19ClFN3O2/c1-2-21-11-12(9-19-21)10-20(6-7-22)16(23)8-13-14(17)4-3-5-15(13)18/h3-5,9,11,22H,2,6-8,10H2,1H3. The number of hydrogen-bond donors (Lipinski definition) is 1. The third kappa shape index (κ3) is 4.53. The van der Waals surface area contributed by atoms with Crippen LogP contribution in [0.1, 0.15) is 18.1 Å². The Morgan fingerprint density at radius 1 is 1.48 bits per heavy atom. The Balaban J connectivity index is 2.11. The van der Waals surface area contributed by atoms with Crippen molar-refractivity contribution in [2.75, 3.05) is 13.2 Å². The second-order valence-electron chi connectivity index (χ2n) is 5.12. The van der Waals surface area contributed by atoms with E-state index in [1.165, 1.54) is 17.0 Å². The van der Waals surface area contributed by atoms with E-state index in [1.807, 2.05) is 13.1 Å². The van der Waals surface area contributed by atoms with Crippen molar-refractivity contribution in [2.45, 2.75) is 26.4 Å². The summed E-state index contributed by atoms with van der Waals surface area (Å²) in [7, 11) is 0. The third-order valence-electron chi connectivity index (χ3n) is 3.50. The van der Waals surface area contributed by atoms with Crippen LogP contribution in [0.25, 0.3) is 0 Å². The molecule has 2 rings (SSSR count). The van der Waals surface area contributed by atoms with E-state index >= 15 is 0 Å². The summed E-state index contributed by atoms with van der Waals surface area (Å²) in [6.07, 6.45) is 3.37. The van der Waals surface area contributed by atoms with E-state index in [0.29, 0.717) is 6.54 Å². The summed E-state index contributed by atoms with van der Waals surface area (Å²) in [6, 6.07) is 4.32. The number of carbonyl (C=O) groups excluding carboxylic acids is 1. The lowest BCUT2D eigenvalue weighted by Crippen LogP contribution is -2.34. The maximum Gasteiger partial charge on any atom is 0.227 e. The van der Waals surface area contributed by atoms with Gasteiger partial charge in [0.15, 0.2) is 0 Å². The van der Waals surface area contributed by atoms with E-state index in [-0.39, 0.29) is 36.1 Å². The van der Waals surface area contributed by atoms with E-state index in [0.717, 1.165) is 12.1 Å². The molecule has 0 bridgehead atoms. The molecule has 23 heavy (non-hydrogen) atoms. The van der Waals surface area contributed by atoms with Crippen molar-refractivity contribution >= 4 is 17.5 Å². The van der Waals surface area contributed by atoms with Crippen LogP contribution < -0.4 is 0 Å². The fourth-order valence-corrected chi connectivity index (χ4v) is 2.49. The Labute approximate surface area is 139 Å². The van der Waals surface area contributed by atoms with Crippen molar-refractivity contribution in [3.8, 4) is 0 Å². The number of aromatic nitrogens is 2. The fourth-order valence-electron chi connectivity index (χ4n) is 2.26.